The van der Waals surface area contributed by atoms with Crippen molar-refractivity contribution in [2.24, 2.45) is 5.92 Å². The number of nitrogens with one attached hydrogen (secondary N) is 2. The number of amides is 2. The molecule has 0 unspecified atom stereocenters. The number of piperidine rings is 1. The van der Waals surface area contributed by atoms with E-state index >= 15 is 0 Å². The molecule has 2 atom stereocenters. The van der Waals surface area contributed by atoms with E-state index in [-0.39, 0.29) is 18.2 Å². The second kappa shape index (κ2) is 7.28. The van der Waals surface area contributed by atoms with Crippen LogP contribution < -0.4 is 10.6 Å². The van der Waals surface area contributed by atoms with Crippen LogP contribution in [0.15, 0.2) is 0 Å². The van der Waals surface area contributed by atoms with Crippen LogP contribution in [-0.4, -0.2) is 43.3 Å². The van der Waals surface area contributed by atoms with Crippen molar-refractivity contribution in [3.05, 3.63) is 0 Å². The van der Waals surface area contributed by atoms with Gasteiger partial charge in [-0.05, 0) is 40.0 Å². The van der Waals surface area contributed by atoms with Gasteiger partial charge in [-0.2, -0.15) is 0 Å². The van der Waals surface area contributed by atoms with Crippen LogP contribution in [0.25, 0.3) is 0 Å². The Kier molecular flexibility index (Phi) is 5.99. The van der Waals surface area contributed by atoms with Gasteiger partial charge in [-0.3, -0.25) is 4.79 Å². The molecule has 2 N–H and O–H groups in total. The predicted octanol–water partition coefficient (Wildman–Crippen LogP) is 0.969. The Morgan fingerprint density at radius 1 is 1.43 bits per heavy atom. The topological polar surface area (TPSA) is 93.7 Å². The van der Waals surface area contributed by atoms with Crippen molar-refractivity contribution >= 4 is 18.0 Å². The lowest BCUT2D eigenvalue weighted by molar-refractivity contribution is -0.144. The molecule has 120 valence electrons. The van der Waals surface area contributed by atoms with Gasteiger partial charge in [0.15, 0.2) is 0 Å². The molecular formula is C14H24N2O5. The van der Waals surface area contributed by atoms with E-state index in [1.54, 1.807) is 20.8 Å². The molecule has 7 nitrogen and oxygen atoms in total. The molecule has 1 fully saturated rings. The minimum Gasteiger partial charge on any atom is -0.467 e. The zero-order valence-corrected chi connectivity index (χ0v) is 13.0. The summed E-state index contributed by atoms with van der Waals surface area (Å²) in [6.45, 7) is 5.84. The number of esters is 1. The maximum absolute atomic E-state index is 11.8. The number of methoxy groups -OCH3 is 1. The molecule has 0 aliphatic carbocycles. The van der Waals surface area contributed by atoms with Crippen molar-refractivity contribution in [1.29, 1.82) is 0 Å². The van der Waals surface area contributed by atoms with Gasteiger partial charge >= 0.3 is 12.1 Å². The molecule has 1 aliphatic heterocycles. The lowest BCUT2D eigenvalue weighted by Gasteiger charge is -2.26. The average molecular weight is 300 g/mol. The van der Waals surface area contributed by atoms with Gasteiger partial charge in [-0.15, -0.1) is 0 Å². The number of hydrogen-bond donors (Lipinski definition) is 2. The van der Waals surface area contributed by atoms with Gasteiger partial charge in [0.1, 0.15) is 11.6 Å². The van der Waals surface area contributed by atoms with Gasteiger partial charge in [0.25, 0.3) is 0 Å². The lowest BCUT2D eigenvalue weighted by Crippen LogP contribution is -2.47. The third-order valence-corrected chi connectivity index (χ3v) is 3.10. The number of alkyl carbamates (subject to hydrolysis) is 1. The number of hydrogen-bond acceptors (Lipinski definition) is 5. The van der Waals surface area contributed by atoms with Crippen molar-refractivity contribution in [2.45, 2.75) is 51.7 Å². The van der Waals surface area contributed by atoms with Gasteiger partial charge in [0, 0.05) is 12.5 Å². The summed E-state index contributed by atoms with van der Waals surface area (Å²) in [6, 6.07) is -0.890. The van der Waals surface area contributed by atoms with E-state index in [0.717, 1.165) is 6.42 Å². The molecule has 7 heteroatoms. The van der Waals surface area contributed by atoms with Gasteiger partial charge in [0.05, 0.1) is 7.11 Å². The van der Waals surface area contributed by atoms with E-state index in [0.29, 0.717) is 13.0 Å². The molecule has 0 spiro atoms. The van der Waals surface area contributed by atoms with Crippen molar-refractivity contribution in [1.82, 2.24) is 10.6 Å². The molecule has 1 heterocycles. The fourth-order valence-electron chi connectivity index (χ4n) is 2.15. The molecule has 0 aromatic carbocycles. The summed E-state index contributed by atoms with van der Waals surface area (Å²) in [7, 11) is 1.24. The zero-order chi connectivity index (χ0) is 16.0. The van der Waals surface area contributed by atoms with Crippen LogP contribution in [0, 0.1) is 5.92 Å². The molecule has 0 bridgehead atoms. The molecule has 0 aromatic rings. The smallest absolute Gasteiger partial charge is 0.408 e. The first-order valence-electron chi connectivity index (χ1n) is 7.08. The molecule has 2 amide bonds. The molecule has 1 rings (SSSR count). The van der Waals surface area contributed by atoms with Crippen LogP contribution in [0.5, 0.6) is 0 Å². The Bertz CT molecular complexity index is 403. The summed E-state index contributed by atoms with van der Waals surface area (Å²) in [4.78, 5) is 35.3. The molecule has 0 aromatic heterocycles. The predicted molar refractivity (Wildman–Crippen MR) is 75.5 cm³/mol. The van der Waals surface area contributed by atoms with Crippen LogP contribution in [0.2, 0.25) is 0 Å². The number of ether oxygens (including phenoxy) is 2. The first-order chi connectivity index (χ1) is 9.73. The Morgan fingerprint density at radius 2 is 2.10 bits per heavy atom. The molecule has 1 saturated heterocycles. The minimum absolute atomic E-state index is 0.0962. The summed E-state index contributed by atoms with van der Waals surface area (Å²) in [5.74, 6) is -0.988. The number of carbonyl (C=O) groups is 3. The fourth-order valence-corrected chi connectivity index (χ4v) is 2.15. The van der Waals surface area contributed by atoms with E-state index < -0.39 is 23.7 Å². The van der Waals surface area contributed by atoms with Crippen LogP contribution in [0.3, 0.4) is 0 Å². The van der Waals surface area contributed by atoms with Gasteiger partial charge in [-0.25, -0.2) is 9.59 Å². The summed E-state index contributed by atoms with van der Waals surface area (Å²) in [6.07, 6.45) is 1.05. The molecule has 0 radical (unpaired) electrons. The maximum Gasteiger partial charge on any atom is 0.408 e. The number of carbonyl (C=O) groups excluding carboxylic acids is 3. The van der Waals surface area contributed by atoms with Gasteiger partial charge < -0.3 is 20.1 Å². The van der Waals surface area contributed by atoms with Crippen LogP contribution in [-0.2, 0) is 19.1 Å². The van der Waals surface area contributed by atoms with Crippen molar-refractivity contribution in [3.8, 4) is 0 Å². The van der Waals surface area contributed by atoms with Gasteiger partial charge in [0.2, 0.25) is 5.91 Å². The SMILES string of the molecule is COC(=O)[C@@H](C[C@H]1CCCNC1=O)NC(=O)OC(C)(C)C. The fraction of sp³-hybridized carbons (Fsp3) is 0.786. The first-order valence-corrected chi connectivity index (χ1v) is 7.08. The molecule has 21 heavy (non-hydrogen) atoms. The monoisotopic (exact) mass is 300 g/mol. The van der Waals surface area contributed by atoms with E-state index in [9.17, 15) is 14.4 Å². The highest BCUT2D eigenvalue weighted by atomic mass is 16.6. The third kappa shape index (κ3) is 6.01. The first kappa shape index (κ1) is 17.3. The minimum atomic E-state index is -0.890. The molecule has 1 aliphatic rings. The highest BCUT2D eigenvalue weighted by molar-refractivity contribution is 5.84. The van der Waals surface area contributed by atoms with Crippen LogP contribution in [0.4, 0.5) is 4.79 Å². The quantitative estimate of drug-likeness (QED) is 0.755. The van der Waals surface area contributed by atoms with Crippen molar-refractivity contribution < 1.29 is 23.9 Å². The van der Waals surface area contributed by atoms with Crippen molar-refractivity contribution in [3.63, 3.8) is 0 Å². The molecule has 0 saturated carbocycles. The summed E-state index contributed by atoms with van der Waals surface area (Å²) in [5.41, 5.74) is -0.660. The number of rotatable bonds is 4. The largest absolute Gasteiger partial charge is 0.467 e. The van der Waals surface area contributed by atoms with Gasteiger partial charge in [-0.1, -0.05) is 0 Å². The summed E-state index contributed by atoms with van der Waals surface area (Å²) in [5, 5.41) is 5.23. The Morgan fingerprint density at radius 3 is 2.62 bits per heavy atom. The standard InChI is InChI=1S/C14H24N2O5/c1-14(2,3)21-13(19)16-10(12(18)20-4)8-9-6-5-7-15-11(9)17/h9-10H,5-8H2,1-4H3,(H,15,17)(H,16,19)/t9-,10-/m1/s1. The third-order valence-electron chi connectivity index (χ3n) is 3.10. The van der Waals surface area contributed by atoms with E-state index in [1.165, 1.54) is 7.11 Å². The Labute approximate surface area is 124 Å². The Hall–Kier alpha value is -1.79. The second-order valence-corrected chi connectivity index (χ2v) is 6.09. The van der Waals surface area contributed by atoms with Crippen molar-refractivity contribution in [2.75, 3.05) is 13.7 Å². The van der Waals surface area contributed by atoms with Crippen LogP contribution >= 0.6 is 0 Å². The normalized spacial score (nSPS) is 20.2. The average Bonchev–Trinajstić information content (AvgIpc) is 2.37. The zero-order valence-electron chi connectivity index (χ0n) is 13.0. The maximum atomic E-state index is 11.8. The van der Waals surface area contributed by atoms with Crippen LogP contribution in [0.1, 0.15) is 40.0 Å². The highest BCUT2D eigenvalue weighted by Gasteiger charge is 2.31. The van der Waals surface area contributed by atoms with E-state index in [2.05, 4.69) is 15.4 Å². The Balaban J connectivity index is 2.65. The molecular weight excluding hydrogens is 276 g/mol. The lowest BCUT2D eigenvalue weighted by atomic mass is 9.91. The van der Waals surface area contributed by atoms with E-state index in [4.69, 9.17) is 4.74 Å². The summed E-state index contributed by atoms with van der Waals surface area (Å²) >= 11 is 0. The highest BCUT2D eigenvalue weighted by Crippen LogP contribution is 2.18. The summed E-state index contributed by atoms with van der Waals surface area (Å²) < 4.78 is 9.80. The van der Waals surface area contributed by atoms with E-state index in [1.807, 2.05) is 0 Å². The second-order valence-electron chi connectivity index (χ2n) is 6.09.